The number of hydrogen-bond donors (Lipinski definition) is 1. The van der Waals surface area contributed by atoms with Gasteiger partial charge in [0.25, 0.3) is 0 Å². The number of hydrogen-bond acceptors (Lipinski definition) is 6. The minimum atomic E-state index is -0.945. The van der Waals surface area contributed by atoms with Gasteiger partial charge < -0.3 is 9.84 Å². The van der Waals surface area contributed by atoms with Crippen molar-refractivity contribution in [1.82, 2.24) is 29.5 Å². The quantitative estimate of drug-likeness (QED) is 0.215. The molecule has 12 heteroatoms. The van der Waals surface area contributed by atoms with Crippen molar-refractivity contribution < 1.29 is 9.84 Å². The zero-order chi connectivity index (χ0) is 28.3. The summed E-state index contributed by atoms with van der Waals surface area (Å²) < 4.78 is 9.52. The van der Waals surface area contributed by atoms with Gasteiger partial charge in [0.15, 0.2) is 0 Å². The Balaban J connectivity index is 0.000000161. The Morgan fingerprint density at radius 3 is 2.23 bits per heavy atom. The van der Waals surface area contributed by atoms with Crippen molar-refractivity contribution >= 4 is 50.7 Å². The van der Waals surface area contributed by atoms with Gasteiger partial charge in [0.2, 0.25) is 0 Å². The van der Waals surface area contributed by atoms with E-state index in [1.807, 2.05) is 36.4 Å². The molecule has 3 heterocycles. The third-order valence-corrected chi connectivity index (χ3v) is 9.08. The van der Waals surface area contributed by atoms with Crippen molar-refractivity contribution in [2.45, 2.75) is 55.3 Å². The van der Waals surface area contributed by atoms with E-state index in [0.717, 1.165) is 17.5 Å². The first-order chi connectivity index (χ1) is 19.2. The van der Waals surface area contributed by atoms with E-state index in [9.17, 15) is 5.11 Å². The minimum Gasteiger partial charge on any atom is -0.383 e. The van der Waals surface area contributed by atoms with E-state index in [0.29, 0.717) is 40.7 Å². The number of aliphatic hydroxyl groups is 1. The fourth-order valence-corrected chi connectivity index (χ4v) is 6.69. The average molecular weight is 669 g/mol. The van der Waals surface area contributed by atoms with Crippen molar-refractivity contribution in [2.75, 3.05) is 6.61 Å². The number of nitrogens with zero attached hydrogens (tertiary/aromatic N) is 6. The Hall–Kier alpha value is -2.01. The van der Waals surface area contributed by atoms with Crippen LogP contribution in [0.25, 0.3) is 0 Å². The molecule has 2 fully saturated rings. The number of ether oxygens (including phenoxy) is 1. The topological polar surface area (TPSA) is 90.9 Å². The molecular formula is C28H30BrCl3N6O2. The van der Waals surface area contributed by atoms with Crippen LogP contribution in [-0.2, 0) is 29.0 Å². The molecule has 1 saturated heterocycles. The second-order valence-electron chi connectivity index (χ2n) is 10.5. The number of rotatable bonds is 8. The van der Waals surface area contributed by atoms with E-state index in [-0.39, 0.29) is 10.7 Å². The van der Waals surface area contributed by atoms with Crippen molar-refractivity contribution in [3.05, 3.63) is 94.0 Å². The maximum Gasteiger partial charge on any atom is 0.137 e. The highest BCUT2D eigenvalue weighted by Gasteiger charge is 2.45. The van der Waals surface area contributed by atoms with E-state index < -0.39 is 11.2 Å². The molecule has 2 aliphatic rings. The molecule has 212 valence electrons. The summed E-state index contributed by atoms with van der Waals surface area (Å²) >= 11 is 21.9. The highest BCUT2D eigenvalue weighted by atomic mass is 79.9. The van der Waals surface area contributed by atoms with Crippen molar-refractivity contribution in [1.29, 1.82) is 0 Å². The van der Waals surface area contributed by atoms with Gasteiger partial charge in [-0.25, -0.2) is 19.3 Å². The van der Waals surface area contributed by atoms with E-state index in [2.05, 4.69) is 43.0 Å². The molecule has 0 amide bonds. The first-order valence-corrected chi connectivity index (χ1v) is 15.1. The van der Waals surface area contributed by atoms with Gasteiger partial charge in [-0.15, -0.1) is 0 Å². The second-order valence-corrected chi connectivity index (χ2v) is 13.0. The maximum absolute atomic E-state index is 11.3. The molecule has 1 aliphatic heterocycles. The van der Waals surface area contributed by atoms with Crippen LogP contribution in [0.4, 0.5) is 0 Å². The molecule has 2 aromatic heterocycles. The van der Waals surface area contributed by atoms with Gasteiger partial charge in [-0.1, -0.05) is 75.9 Å². The Kier molecular flexibility index (Phi) is 9.19. The third kappa shape index (κ3) is 6.72. The Morgan fingerprint density at radius 2 is 1.68 bits per heavy atom. The summed E-state index contributed by atoms with van der Waals surface area (Å²) in [6.45, 7) is 3.72. The summed E-state index contributed by atoms with van der Waals surface area (Å²) in [5.74, 6) is 0.757. The molecule has 2 aromatic carbocycles. The summed E-state index contributed by atoms with van der Waals surface area (Å²) in [5.41, 5.74) is 0.362. The summed E-state index contributed by atoms with van der Waals surface area (Å²) in [5, 5.41) is 21.5. The molecule has 0 spiro atoms. The molecule has 8 nitrogen and oxygen atoms in total. The van der Waals surface area contributed by atoms with Gasteiger partial charge in [-0.2, -0.15) is 10.2 Å². The molecule has 1 N–H and O–H groups in total. The molecule has 0 bridgehead atoms. The predicted molar refractivity (Wildman–Crippen MR) is 159 cm³/mol. The minimum absolute atomic E-state index is 0.174. The zero-order valence-electron chi connectivity index (χ0n) is 21.9. The Morgan fingerprint density at radius 1 is 1.02 bits per heavy atom. The van der Waals surface area contributed by atoms with Crippen LogP contribution in [0.5, 0.6) is 0 Å². The smallest absolute Gasteiger partial charge is 0.137 e. The van der Waals surface area contributed by atoms with Crippen LogP contribution in [-0.4, -0.2) is 46.1 Å². The molecule has 40 heavy (non-hydrogen) atoms. The van der Waals surface area contributed by atoms with Crippen molar-refractivity contribution in [2.24, 2.45) is 11.8 Å². The lowest BCUT2D eigenvalue weighted by molar-refractivity contribution is -0.0442. The zero-order valence-corrected chi connectivity index (χ0v) is 25.7. The lowest BCUT2D eigenvalue weighted by atomic mass is 9.79. The van der Waals surface area contributed by atoms with E-state index in [4.69, 9.17) is 39.5 Å². The molecular weight excluding hydrogens is 639 g/mol. The lowest BCUT2D eigenvalue weighted by Crippen LogP contribution is -2.39. The maximum atomic E-state index is 11.3. The van der Waals surface area contributed by atoms with Crippen LogP contribution in [0, 0.1) is 11.8 Å². The van der Waals surface area contributed by atoms with Gasteiger partial charge >= 0.3 is 0 Å². The first kappa shape index (κ1) is 29.5. The van der Waals surface area contributed by atoms with E-state index in [1.54, 1.807) is 28.1 Å². The second kappa shape index (κ2) is 12.5. The van der Waals surface area contributed by atoms with Crippen molar-refractivity contribution in [3.8, 4) is 0 Å². The van der Waals surface area contributed by atoms with Gasteiger partial charge in [-0.05, 0) is 60.9 Å². The molecule has 6 rings (SSSR count). The lowest BCUT2D eigenvalue weighted by Gasteiger charge is -2.35. The fraction of sp³-hybridized carbons (Fsp3) is 0.429. The predicted octanol–water partition coefficient (Wildman–Crippen LogP) is 6.53. The highest BCUT2D eigenvalue weighted by Crippen LogP contribution is 2.47. The monoisotopic (exact) mass is 666 g/mol. The van der Waals surface area contributed by atoms with Gasteiger partial charge in [0.05, 0.1) is 19.7 Å². The highest BCUT2D eigenvalue weighted by molar-refractivity contribution is 9.09. The van der Waals surface area contributed by atoms with Gasteiger partial charge in [0, 0.05) is 25.5 Å². The largest absolute Gasteiger partial charge is 0.383 e. The third-order valence-electron chi connectivity index (χ3n) is 7.69. The summed E-state index contributed by atoms with van der Waals surface area (Å²) in [6.07, 6.45) is 9.51. The van der Waals surface area contributed by atoms with Crippen LogP contribution < -0.4 is 0 Å². The van der Waals surface area contributed by atoms with Crippen LogP contribution >= 0.6 is 50.7 Å². The molecule has 4 atom stereocenters. The van der Waals surface area contributed by atoms with E-state index >= 15 is 0 Å². The number of alkyl halides is 1. The summed E-state index contributed by atoms with van der Waals surface area (Å²) in [7, 11) is 0. The average Bonchev–Trinajstić information content (AvgIpc) is 3.24. The molecule has 4 aromatic rings. The molecule has 1 saturated carbocycles. The van der Waals surface area contributed by atoms with Gasteiger partial charge in [-0.3, -0.25) is 0 Å². The number of halogens is 4. The summed E-state index contributed by atoms with van der Waals surface area (Å²) in [4.78, 5) is 8.22. The molecule has 0 radical (unpaired) electrons. The fourth-order valence-electron chi connectivity index (χ4n) is 5.33. The van der Waals surface area contributed by atoms with E-state index in [1.165, 1.54) is 25.5 Å². The van der Waals surface area contributed by atoms with Crippen LogP contribution in [0.3, 0.4) is 0 Å². The SMILES string of the molecule is CC(C1CC1)C(O)(Cn1cncn1)c1ccc(Cl)cc1.Clc1ccc(C2(Cn3cncn3)CC(Br)CO2)c(Cl)c1. The Bertz CT molecular complexity index is 1390. The molecule has 4 unspecified atom stereocenters. The number of aromatic nitrogens is 6. The van der Waals surface area contributed by atoms with Gasteiger partial charge in [0.1, 0.15) is 36.5 Å². The summed E-state index contributed by atoms with van der Waals surface area (Å²) in [6, 6.07) is 12.9. The van der Waals surface area contributed by atoms with Crippen LogP contribution in [0.1, 0.15) is 37.3 Å². The first-order valence-electron chi connectivity index (χ1n) is 13.1. The van der Waals surface area contributed by atoms with Crippen molar-refractivity contribution in [3.63, 3.8) is 0 Å². The Labute approximate surface area is 256 Å². The van der Waals surface area contributed by atoms with Crippen LogP contribution in [0.15, 0.2) is 67.8 Å². The number of benzene rings is 2. The standard InChI is InChI=1S/C15H18ClN3O.C13H12BrCl2N3O/c1-11(12-2-3-12)15(20,8-19-10-17-9-18-19)13-4-6-14(16)7-5-13;14-9-4-13(20-5-9,6-19-8-17-7-18-19)11-2-1-10(15)3-12(11)16/h4-7,9-12,20H,2-3,8H2,1H3;1-3,7-9H,4-6H2. The van der Waals surface area contributed by atoms with Crippen LogP contribution in [0.2, 0.25) is 15.1 Å². The normalized spacial score (nSPS) is 22.8. The molecule has 1 aliphatic carbocycles.